The number of pyridine rings is 1. The number of ether oxygens (including phenoxy) is 3. The van der Waals surface area contributed by atoms with Crippen LogP contribution in [0.2, 0.25) is 0 Å². The average molecular weight is 627 g/mol. The van der Waals surface area contributed by atoms with Gasteiger partial charge in [-0.1, -0.05) is 24.3 Å². The highest BCUT2D eigenvalue weighted by Gasteiger charge is 2.35. The molecule has 46 heavy (non-hydrogen) atoms. The fraction of sp³-hybridized carbons (Fsp3) is 0.353. The number of nitriles is 1. The number of hydrogen-bond acceptors (Lipinski definition) is 8. The van der Waals surface area contributed by atoms with Gasteiger partial charge in [-0.25, -0.2) is 14.2 Å². The molecule has 2 aromatic heterocycles. The molecular weight excluding hydrogens is 591 g/mol. The van der Waals surface area contributed by atoms with Gasteiger partial charge in [0.2, 0.25) is 0 Å². The van der Waals surface area contributed by atoms with Crippen molar-refractivity contribution in [3.63, 3.8) is 0 Å². The Balaban J connectivity index is 1.33. The number of anilines is 1. The third-order valence-corrected chi connectivity index (χ3v) is 8.73. The molecule has 0 radical (unpaired) electrons. The van der Waals surface area contributed by atoms with Gasteiger partial charge >= 0.3 is 5.69 Å². The van der Waals surface area contributed by atoms with E-state index in [2.05, 4.69) is 11.1 Å². The quantitative estimate of drug-likeness (QED) is 0.218. The van der Waals surface area contributed by atoms with Gasteiger partial charge in [0.1, 0.15) is 28.7 Å². The maximum absolute atomic E-state index is 15.3. The lowest BCUT2D eigenvalue weighted by Crippen LogP contribution is -2.43. The molecule has 0 saturated carbocycles. The molecule has 0 bridgehead atoms. The number of halogens is 1. The molecule has 2 aromatic carbocycles. The van der Waals surface area contributed by atoms with Gasteiger partial charge in [-0.2, -0.15) is 5.26 Å². The van der Waals surface area contributed by atoms with Gasteiger partial charge in [0.05, 0.1) is 23.9 Å². The van der Waals surface area contributed by atoms with Crippen molar-refractivity contribution < 1.29 is 23.4 Å². The molecule has 1 amide bonds. The number of carbonyl (C=O) groups is 1. The summed E-state index contributed by atoms with van der Waals surface area (Å²) in [7, 11) is 1.60. The van der Waals surface area contributed by atoms with Crippen molar-refractivity contribution in [2.24, 2.45) is 5.41 Å². The highest BCUT2D eigenvalue weighted by molar-refractivity contribution is 5.97. The minimum Gasteiger partial charge on any atom is -0.454 e. The van der Waals surface area contributed by atoms with Gasteiger partial charge in [0, 0.05) is 51.1 Å². The standard InChI is InChI=1S/C34H35FN6O5/c1-44-22-34(12-16-45-17-13-34)19-23(20-36)32(42)39-15-5-6-25(21-39)40-28-11-14-38-31(37)30(28)41(33(40)43)24-9-10-29(27(35)18-24)46-26-7-3-2-4-8-26/h2-4,7-11,14,18-19,25H,5-6,12-13,15-17,21-22H2,1H3,(H2,37,38)/b23-19-/t25-/m1/s1. The van der Waals surface area contributed by atoms with Crippen molar-refractivity contribution in [1.82, 2.24) is 19.0 Å². The number of hydrogen-bond donors (Lipinski definition) is 1. The minimum absolute atomic E-state index is 0.00801. The maximum Gasteiger partial charge on any atom is 0.334 e. The lowest BCUT2D eigenvalue weighted by Gasteiger charge is -2.35. The predicted octanol–water partition coefficient (Wildman–Crippen LogP) is 4.76. The molecule has 0 spiro atoms. The second-order valence-electron chi connectivity index (χ2n) is 11.7. The Bertz CT molecular complexity index is 1870. The zero-order chi connectivity index (χ0) is 32.3. The van der Waals surface area contributed by atoms with E-state index in [1.54, 1.807) is 59.1 Å². The number of nitrogens with zero attached hydrogens (tertiary/aromatic N) is 5. The molecule has 0 aliphatic carbocycles. The summed E-state index contributed by atoms with van der Waals surface area (Å²) >= 11 is 0. The summed E-state index contributed by atoms with van der Waals surface area (Å²) in [5.41, 5.74) is 6.56. The minimum atomic E-state index is -0.655. The van der Waals surface area contributed by atoms with Crippen LogP contribution in [0.4, 0.5) is 10.2 Å². The number of nitrogen functional groups attached to an aromatic ring is 1. The van der Waals surface area contributed by atoms with E-state index in [0.29, 0.717) is 68.8 Å². The lowest BCUT2D eigenvalue weighted by molar-refractivity contribution is -0.128. The average Bonchev–Trinajstić information content (AvgIpc) is 3.38. The fourth-order valence-corrected chi connectivity index (χ4v) is 6.47. The molecule has 6 rings (SSSR count). The van der Waals surface area contributed by atoms with Crippen molar-refractivity contribution >= 4 is 22.8 Å². The topological polar surface area (TPSA) is 138 Å². The molecule has 2 aliphatic heterocycles. The molecule has 2 fully saturated rings. The summed E-state index contributed by atoms with van der Waals surface area (Å²) in [5, 5.41) is 10.0. The van der Waals surface area contributed by atoms with E-state index >= 15 is 4.39 Å². The highest BCUT2D eigenvalue weighted by atomic mass is 19.1. The number of nitrogens with two attached hydrogens (primary N) is 1. The lowest BCUT2D eigenvalue weighted by atomic mass is 9.79. The molecule has 2 saturated heterocycles. The number of amides is 1. The number of methoxy groups -OCH3 is 1. The van der Waals surface area contributed by atoms with Crippen LogP contribution in [0.3, 0.4) is 0 Å². The Kier molecular flexibility index (Phi) is 8.87. The highest BCUT2D eigenvalue weighted by Crippen LogP contribution is 2.35. The largest absolute Gasteiger partial charge is 0.454 e. The molecule has 238 valence electrons. The third-order valence-electron chi connectivity index (χ3n) is 8.73. The summed E-state index contributed by atoms with van der Waals surface area (Å²) in [5.74, 6) is -0.449. The molecular formula is C34H35FN6O5. The number of rotatable bonds is 8. The molecule has 11 nitrogen and oxygen atoms in total. The predicted molar refractivity (Wildman–Crippen MR) is 169 cm³/mol. The number of piperidine rings is 1. The maximum atomic E-state index is 15.3. The van der Waals surface area contributed by atoms with Crippen LogP contribution in [0.1, 0.15) is 31.7 Å². The number of benzene rings is 2. The van der Waals surface area contributed by atoms with Gasteiger partial charge in [-0.3, -0.25) is 13.9 Å². The second-order valence-corrected chi connectivity index (χ2v) is 11.7. The van der Waals surface area contributed by atoms with E-state index in [-0.39, 0.29) is 35.3 Å². The molecule has 4 aromatic rings. The van der Waals surface area contributed by atoms with Crippen LogP contribution in [0.25, 0.3) is 16.7 Å². The van der Waals surface area contributed by atoms with Crippen LogP contribution in [0.15, 0.2) is 77.2 Å². The monoisotopic (exact) mass is 626 g/mol. The van der Waals surface area contributed by atoms with Crippen LogP contribution >= 0.6 is 0 Å². The summed E-state index contributed by atoms with van der Waals surface area (Å²) in [6.45, 7) is 2.08. The van der Waals surface area contributed by atoms with Crippen molar-refractivity contribution in [3.05, 3.63) is 88.7 Å². The number of likely N-dealkylation sites (tertiary alicyclic amines) is 1. The van der Waals surface area contributed by atoms with Gasteiger partial charge < -0.3 is 24.8 Å². The van der Waals surface area contributed by atoms with Crippen molar-refractivity contribution in [1.29, 1.82) is 5.26 Å². The first kappa shape index (κ1) is 31.0. The number of fused-ring (bicyclic) bond motifs is 1. The van der Waals surface area contributed by atoms with E-state index < -0.39 is 23.0 Å². The Morgan fingerprint density at radius 3 is 2.72 bits per heavy atom. The molecule has 12 heteroatoms. The Morgan fingerprint density at radius 2 is 2.00 bits per heavy atom. The first-order chi connectivity index (χ1) is 22.3. The number of imidazole rings is 1. The molecule has 4 heterocycles. The van der Waals surface area contributed by atoms with Gasteiger partial charge in [0.15, 0.2) is 11.6 Å². The van der Waals surface area contributed by atoms with Crippen molar-refractivity contribution in [2.45, 2.75) is 31.7 Å². The van der Waals surface area contributed by atoms with E-state index in [9.17, 15) is 14.9 Å². The summed E-state index contributed by atoms with van der Waals surface area (Å²) in [6.07, 6.45) is 5.78. The van der Waals surface area contributed by atoms with Crippen LogP contribution in [-0.2, 0) is 14.3 Å². The Hall–Kier alpha value is -4.99. The first-order valence-corrected chi connectivity index (χ1v) is 15.2. The van der Waals surface area contributed by atoms with Crippen LogP contribution in [0.5, 0.6) is 11.5 Å². The number of para-hydroxylation sites is 1. The SMILES string of the molecule is COCC1(/C=C(/C#N)C(=O)N2CCC[C@@H](n3c(=O)n(-c4ccc(Oc5ccccc5)c(F)c4)c4c(N)nccc43)C2)CCOCC1. The third kappa shape index (κ3) is 5.99. The van der Waals surface area contributed by atoms with Crippen molar-refractivity contribution in [2.75, 3.05) is 45.8 Å². The zero-order valence-corrected chi connectivity index (χ0v) is 25.5. The summed E-state index contributed by atoms with van der Waals surface area (Å²) in [4.78, 5) is 33.7. The van der Waals surface area contributed by atoms with Crippen LogP contribution in [0, 0.1) is 22.6 Å². The van der Waals surface area contributed by atoms with Crippen LogP contribution < -0.4 is 16.2 Å². The summed E-state index contributed by atoms with van der Waals surface area (Å²) in [6, 6.07) is 16.5. The summed E-state index contributed by atoms with van der Waals surface area (Å²) < 4.78 is 34.9. The Morgan fingerprint density at radius 1 is 1.22 bits per heavy atom. The van der Waals surface area contributed by atoms with E-state index in [0.717, 1.165) is 0 Å². The van der Waals surface area contributed by atoms with E-state index in [1.165, 1.54) is 22.9 Å². The van der Waals surface area contributed by atoms with E-state index in [4.69, 9.17) is 19.9 Å². The first-order valence-electron chi connectivity index (χ1n) is 15.2. The van der Waals surface area contributed by atoms with Crippen molar-refractivity contribution in [3.8, 4) is 23.3 Å². The van der Waals surface area contributed by atoms with E-state index in [1.807, 2.05) is 6.07 Å². The van der Waals surface area contributed by atoms with Gasteiger partial charge in [0.25, 0.3) is 5.91 Å². The normalized spacial score (nSPS) is 18.3. The molecule has 2 N–H and O–H groups in total. The smallest absolute Gasteiger partial charge is 0.334 e. The molecule has 0 unspecified atom stereocenters. The molecule has 1 atom stereocenters. The van der Waals surface area contributed by atoms with Gasteiger partial charge in [-0.05, 0) is 56.0 Å². The Labute approximate surface area is 265 Å². The number of carbonyl (C=O) groups excluding carboxylic acids is 1. The second kappa shape index (κ2) is 13.2. The zero-order valence-electron chi connectivity index (χ0n) is 25.5. The number of aromatic nitrogens is 3. The van der Waals surface area contributed by atoms with Gasteiger partial charge in [-0.15, -0.1) is 0 Å². The fourth-order valence-electron chi connectivity index (χ4n) is 6.47. The van der Waals surface area contributed by atoms with Crippen LogP contribution in [-0.4, -0.2) is 64.9 Å². The molecule has 2 aliphatic rings.